The first-order valence-electron chi connectivity index (χ1n) is 6.97. The van der Waals surface area contributed by atoms with E-state index in [1.54, 1.807) is 19.1 Å². The Hall–Kier alpha value is -2.95. The second kappa shape index (κ2) is 4.80. The molecule has 0 bridgehead atoms. The van der Waals surface area contributed by atoms with Crippen LogP contribution in [0.25, 0.3) is 21.9 Å². The van der Waals surface area contributed by atoms with Crippen LogP contribution in [-0.4, -0.2) is 15.0 Å². The molecule has 22 heavy (non-hydrogen) atoms. The van der Waals surface area contributed by atoms with Gasteiger partial charge in [0, 0.05) is 16.6 Å². The molecule has 0 unspecified atom stereocenters. The lowest BCUT2D eigenvalue weighted by Gasteiger charge is -2.07. The maximum absolute atomic E-state index is 13.4. The van der Waals surface area contributed by atoms with Crippen molar-refractivity contribution >= 4 is 33.4 Å². The number of para-hydroxylation sites is 1. The molecule has 0 atom stereocenters. The van der Waals surface area contributed by atoms with Gasteiger partial charge in [-0.1, -0.05) is 18.2 Å². The Kier molecular flexibility index (Phi) is 2.79. The number of fused-ring (bicyclic) bond motifs is 3. The normalized spacial score (nSPS) is 11.2. The van der Waals surface area contributed by atoms with E-state index in [0.29, 0.717) is 11.4 Å². The summed E-state index contributed by atoms with van der Waals surface area (Å²) in [5, 5.41) is 4.28. The van der Waals surface area contributed by atoms with Crippen molar-refractivity contribution in [1.82, 2.24) is 15.0 Å². The summed E-state index contributed by atoms with van der Waals surface area (Å²) in [6.45, 7) is 1.74. The molecular weight excluding hydrogens is 279 g/mol. The van der Waals surface area contributed by atoms with Gasteiger partial charge in [-0.3, -0.25) is 0 Å². The number of anilines is 2. The minimum absolute atomic E-state index is 0.219. The van der Waals surface area contributed by atoms with Crippen LogP contribution in [0.1, 0.15) is 5.56 Å². The van der Waals surface area contributed by atoms with Gasteiger partial charge in [-0.05, 0) is 36.8 Å². The molecule has 4 nitrogen and oxygen atoms in total. The first-order chi connectivity index (χ1) is 10.7. The Labute approximate surface area is 126 Å². The first-order valence-corrected chi connectivity index (χ1v) is 6.97. The van der Waals surface area contributed by atoms with Crippen molar-refractivity contribution in [3.8, 4) is 0 Å². The highest BCUT2D eigenvalue weighted by Gasteiger charge is 2.10. The van der Waals surface area contributed by atoms with Gasteiger partial charge in [0.05, 0.1) is 0 Å². The van der Waals surface area contributed by atoms with Crippen LogP contribution in [0.15, 0.2) is 48.8 Å². The molecule has 2 aromatic carbocycles. The molecule has 0 fully saturated rings. The SMILES string of the molecule is Cc1cc(Nc2ncnc3c2[nH]c2ccccc23)ccc1F. The third-order valence-corrected chi connectivity index (χ3v) is 3.71. The van der Waals surface area contributed by atoms with Gasteiger partial charge in [-0.2, -0.15) is 0 Å². The second-order valence-corrected chi connectivity index (χ2v) is 5.21. The van der Waals surface area contributed by atoms with Gasteiger partial charge in [0.1, 0.15) is 23.2 Å². The Balaban J connectivity index is 1.86. The fourth-order valence-electron chi connectivity index (χ4n) is 2.60. The molecule has 108 valence electrons. The molecule has 4 aromatic rings. The molecule has 0 spiro atoms. The summed E-state index contributed by atoms with van der Waals surface area (Å²) in [7, 11) is 0. The summed E-state index contributed by atoms with van der Waals surface area (Å²) in [5.74, 6) is 0.455. The van der Waals surface area contributed by atoms with Gasteiger partial charge < -0.3 is 10.3 Å². The zero-order chi connectivity index (χ0) is 15.1. The van der Waals surface area contributed by atoms with Crippen LogP contribution in [0, 0.1) is 12.7 Å². The number of halogens is 1. The fourth-order valence-corrected chi connectivity index (χ4v) is 2.60. The lowest BCUT2D eigenvalue weighted by molar-refractivity contribution is 0.619. The van der Waals surface area contributed by atoms with E-state index < -0.39 is 0 Å². The van der Waals surface area contributed by atoms with E-state index in [2.05, 4.69) is 20.3 Å². The maximum atomic E-state index is 13.4. The van der Waals surface area contributed by atoms with Crippen molar-refractivity contribution in [2.24, 2.45) is 0 Å². The van der Waals surface area contributed by atoms with E-state index in [1.165, 1.54) is 12.4 Å². The van der Waals surface area contributed by atoms with Gasteiger partial charge in [0.25, 0.3) is 0 Å². The quantitative estimate of drug-likeness (QED) is 0.579. The molecule has 2 N–H and O–H groups in total. The predicted octanol–water partition coefficient (Wildman–Crippen LogP) is 4.30. The molecule has 0 aliphatic rings. The van der Waals surface area contributed by atoms with Crippen LogP contribution < -0.4 is 5.32 Å². The highest BCUT2D eigenvalue weighted by molar-refractivity contribution is 6.08. The van der Waals surface area contributed by atoms with E-state index >= 15 is 0 Å². The smallest absolute Gasteiger partial charge is 0.158 e. The zero-order valence-electron chi connectivity index (χ0n) is 11.9. The molecule has 2 heterocycles. The van der Waals surface area contributed by atoms with E-state index in [-0.39, 0.29) is 5.82 Å². The van der Waals surface area contributed by atoms with Crippen molar-refractivity contribution in [1.29, 1.82) is 0 Å². The Morgan fingerprint density at radius 2 is 1.95 bits per heavy atom. The van der Waals surface area contributed by atoms with Crippen LogP contribution in [0.3, 0.4) is 0 Å². The Morgan fingerprint density at radius 3 is 2.82 bits per heavy atom. The largest absolute Gasteiger partial charge is 0.350 e. The minimum Gasteiger partial charge on any atom is -0.350 e. The van der Waals surface area contributed by atoms with Gasteiger partial charge in [-0.15, -0.1) is 0 Å². The molecule has 0 radical (unpaired) electrons. The van der Waals surface area contributed by atoms with Crippen molar-refractivity contribution in [3.05, 3.63) is 60.2 Å². The molecular formula is C17H13FN4. The summed E-state index contributed by atoms with van der Waals surface area (Å²) in [5.41, 5.74) is 4.10. The highest BCUT2D eigenvalue weighted by Crippen LogP contribution is 2.28. The standard InChI is InChI=1S/C17H13FN4/c1-10-8-11(6-7-13(10)18)21-17-16-15(19-9-20-17)12-4-2-3-5-14(12)22-16/h2-9,22H,1H3,(H,19,20,21). The van der Waals surface area contributed by atoms with Gasteiger partial charge in [-0.25, -0.2) is 14.4 Å². The van der Waals surface area contributed by atoms with Crippen molar-refractivity contribution in [2.45, 2.75) is 6.92 Å². The molecule has 2 aromatic heterocycles. The summed E-state index contributed by atoms with van der Waals surface area (Å²) in [6.07, 6.45) is 1.53. The average Bonchev–Trinajstić information content (AvgIpc) is 2.91. The number of benzene rings is 2. The second-order valence-electron chi connectivity index (χ2n) is 5.21. The molecule has 0 saturated heterocycles. The molecule has 0 saturated carbocycles. The van der Waals surface area contributed by atoms with Gasteiger partial charge in [0.15, 0.2) is 5.82 Å². The summed E-state index contributed by atoms with van der Waals surface area (Å²) < 4.78 is 13.4. The van der Waals surface area contributed by atoms with Crippen molar-refractivity contribution in [2.75, 3.05) is 5.32 Å². The number of nitrogens with one attached hydrogen (secondary N) is 2. The lowest BCUT2D eigenvalue weighted by Crippen LogP contribution is -1.96. The zero-order valence-corrected chi connectivity index (χ0v) is 11.9. The van der Waals surface area contributed by atoms with Crippen molar-refractivity contribution < 1.29 is 4.39 Å². The number of hydrogen-bond donors (Lipinski definition) is 2. The van der Waals surface area contributed by atoms with E-state index in [1.807, 2.05) is 24.3 Å². The summed E-state index contributed by atoms with van der Waals surface area (Å²) in [6, 6.07) is 12.9. The summed E-state index contributed by atoms with van der Waals surface area (Å²) in [4.78, 5) is 12.0. The van der Waals surface area contributed by atoms with Crippen LogP contribution in [0.5, 0.6) is 0 Å². The van der Waals surface area contributed by atoms with Crippen LogP contribution in [-0.2, 0) is 0 Å². The topological polar surface area (TPSA) is 53.6 Å². The molecule has 0 amide bonds. The van der Waals surface area contributed by atoms with Crippen LogP contribution in [0.2, 0.25) is 0 Å². The monoisotopic (exact) mass is 292 g/mol. The number of H-pyrrole nitrogens is 1. The first kappa shape index (κ1) is 12.8. The third kappa shape index (κ3) is 1.98. The number of aromatic amines is 1. The minimum atomic E-state index is -0.219. The van der Waals surface area contributed by atoms with Gasteiger partial charge >= 0.3 is 0 Å². The van der Waals surface area contributed by atoms with E-state index in [4.69, 9.17) is 0 Å². The van der Waals surface area contributed by atoms with Crippen LogP contribution in [0.4, 0.5) is 15.9 Å². The fraction of sp³-hybridized carbons (Fsp3) is 0.0588. The van der Waals surface area contributed by atoms with E-state index in [9.17, 15) is 4.39 Å². The van der Waals surface area contributed by atoms with Crippen LogP contribution >= 0.6 is 0 Å². The highest BCUT2D eigenvalue weighted by atomic mass is 19.1. The predicted molar refractivity (Wildman–Crippen MR) is 85.8 cm³/mol. The lowest BCUT2D eigenvalue weighted by atomic mass is 10.2. The molecule has 0 aliphatic carbocycles. The molecule has 0 aliphatic heterocycles. The third-order valence-electron chi connectivity index (χ3n) is 3.71. The number of rotatable bonds is 2. The number of hydrogen-bond acceptors (Lipinski definition) is 3. The Morgan fingerprint density at radius 1 is 1.09 bits per heavy atom. The molecule has 4 rings (SSSR count). The van der Waals surface area contributed by atoms with Gasteiger partial charge in [0.2, 0.25) is 0 Å². The molecule has 5 heteroatoms. The van der Waals surface area contributed by atoms with Crippen molar-refractivity contribution in [3.63, 3.8) is 0 Å². The number of aromatic nitrogens is 3. The summed E-state index contributed by atoms with van der Waals surface area (Å²) >= 11 is 0. The number of aryl methyl sites for hydroxylation is 1. The average molecular weight is 292 g/mol. The Bertz CT molecular complexity index is 990. The van der Waals surface area contributed by atoms with E-state index in [0.717, 1.165) is 27.6 Å². The maximum Gasteiger partial charge on any atom is 0.158 e. The number of nitrogens with zero attached hydrogens (tertiary/aromatic N) is 2.